The summed E-state index contributed by atoms with van der Waals surface area (Å²) < 4.78 is 0. The number of hydrogen-bond acceptors (Lipinski definition) is 2. The fourth-order valence-electron chi connectivity index (χ4n) is 1.91. The van der Waals surface area contributed by atoms with Crippen LogP contribution >= 0.6 is 0 Å². The summed E-state index contributed by atoms with van der Waals surface area (Å²) in [5, 5.41) is 0. The number of aryl methyl sites for hydroxylation is 1. The molecule has 0 radical (unpaired) electrons. The lowest BCUT2D eigenvalue weighted by Crippen LogP contribution is -2.28. The molecule has 0 fully saturated rings. The van der Waals surface area contributed by atoms with E-state index in [9.17, 15) is 0 Å². The minimum Gasteiger partial charge on any atom is -0.327 e. The van der Waals surface area contributed by atoms with E-state index < -0.39 is 0 Å². The van der Waals surface area contributed by atoms with Gasteiger partial charge in [-0.1, -0.05) is 33.8 Å². The number of nitrogens with zero attached hydrogens (tertiary/aromatic N) is 1. The van der Waals surface area contributed by atoms with Crippen molar-refractivity contribution < 1.29 is 0 Å². The van der Waals surface area contributed by atoms with Gasteiger partial charge >= 0.3 is 0 Å². The average Bonchev–Trinajstić information content (AvgIpc) is 2.16. The summed E-state index contributed by atoms with van der Waals surface area (Å²) in [6.07, 6.45) is 4.91. The molecule has 0 aliphatic heterocycles. The van der Waals surface area contributed by atoms with Crippen LogP contribution in [0.5, 0.6) is 0 Å². The minimum absolute atomic E-state index is 0.208. The summed E-state index contributed by atoms with van der Waals surface area (Å²) in [6, 6.07) is 4.45. The molecule has 0 amide bonds. The van der Waals surface area contributed by atoms with Gasteiger partial charge in [-0.2, -0.15) is 0 Å². The van der Waals surface area contributed by atoms with Crippen LogP contribution in [-0.4, -0.2) is 11.0 Å². The molecule has 0 aromatic carbocycles. The quantitative estimate of drug-likeness (QED) is 0.847. The lowest BCUT2D eigenvalue weighted by atomic mass is 9.87. The van der Waals surface area contributed by atoms with Crippen molar-refractivity contribution in [1.82, 2.24) is 4.98 Å². The first-order chi connectivity index (χ1) is 7.40. The molecule has 1 aromatic heterocycles. The van der Waals surface area contributed by atoms with E-state index >= 15 is 0 Å². The van der Waals surface area contributed by atoms with Crippen molar-refractivity contribution in [2.75, 3.05) is 0 Å². The second-order valence-corrected chi connectivity index (χ2v) is 5.74. The summed E-state index contributed by atoms with van der Waals surface area (Å²) in [7, 11) is 0. The summed E-state index contributed by atoms with van der Waals surface area (Å²) >= 11 is 0. The molecule has 2 nitrogen and oxygen atoms in total. The van der Waals surface area contributed by atoms with Crippen molar-refractivity contribution in [3.63, 3.8) is 0 Å². The van der Waals surface area contributed by atoms with Crippen molar-refractivity contribution in [3.8, 4) is 0 Å². The highest BCUT2D eigenvalue weighted by Crippen LogP contribution is 2.21. The standard InChI is InChI=1S/C14H24N2/c1-5-11-6-7-13(16-10-11)8-12(15)9-14(2,3)4/h6-7,10,12H,5,8-9,15H2,1-4H3. The highest BCUT2D eigenvalue weighted by Gasteiger charge is 2.16. The molecule has 0 saturated heterocycles. The Hall–Kier alpha value is -0.890. The number of aromatic nitrogens is 1. The van der Waals surface area contributed by atoms with Gasteiger partial charge in [0, 0.05) is 24.4 Å². The molecule has 90 valence electrons. The fourth-order valence-corrected chi connectivity index (χ4v) is 1.91. The molecule has 0 aliphatic carbocycles. The van der Waals surface area contributed by atoms with Crippen LogP contribution in [0.25, 0.3) is 0 Å². The van der Waals surface area contributed by atoms with E-state index in [1.807, 2.05) is 6.20 Å². The third kappa shape index (κ3) is 4.75. The van der Waals surface area contributed by atoms with E-state index in [4.69, 9.17) is 5.73 Å². The van der Waals surface area contributed by atoms with Crippen molar-refractivity contribution in [2.45, 2.75) is 53.0 Å². The molecule has 2 N–H and O–H groups in total. The van der Waals surface area contributed by atoms with Gasteiger partial charge in [0.2, 0.25) is 0 Å². The summed E-state index contributed by atoms with van der Waals surface area (Å²) in [6.45, 7) is 8.81. The Morgan fingerprint density at radius 2 is 2.00 bits per heavy atom. The number of pyridine rings is 1. The minimum atomic E-state index is 0.208. The van der Waals surface area contributed by atoms with Crippen LogP contribution in [0.4, 0.5) is 0 Å². The Labute approximate surface area is 99.3 Å². The molecule has 0 saturated carbocycles. The maximum atomic E-state index is 6.12. The van der Waals surface area contributed by atoms with Gasteiger partial charge in [-0.3, -0.25) is 4.98 Å². The van der Waals surface area contributed by atoms with Crippen LogP contribution < -0.4 is 5.73 Å². The van der Waals surface area contributed by atoms with Gasteiger partial charge in [0.25, 0.3) is 0 Å². The van der Waals surface area contributed by atoms with Crippen molar-refractivity contribution in [1.29, 1.82) is 0 Å². The predicted octanol–water partition coefficient (Wildman–Crippen LogP) is 2.95. The number of hydrogen-bond donors (Lipinski definition) is 1. The van der Waals surface area contributed by atoms with Crippen molar-refractivity contribution >= 4 is 0 Å². The van der Waals surface area contributed by atoms with Gasteiger partial charge in [0.1, 0.15) is 0 Å². The summed E-state index contributed by atoms with van der Waals surface area (Å²) in [5.41, 5.74) is 8.81. The van der Waals surface area contributed by atoms with E-state index in [0.717, 1.165) is 25.0 Å². The zero-order valence-corrected chi connectivity index (χ0v) is 11.0. The predicted molar refractivity (Wildman–Crippen MR) is 69.4 cm³/mol. The molecule has 2 heteroatoms. The van der Waals surface area contributed by atoms with Crippen LogP contribution in [0.2, 0.25) is 0 Å². The van der Waals surface area contributed by atoms with Crippen molar-refractivity contribution in [3.05, 3.63) is 29.6 Å². The Morgan fingerprint density at radius 1 is 1.31 bits per heavy atom. The van der Waals surface area contributed by atoms with E-state index in [1.54, 1.807) is 0 Å². The molecule has 16 heavy (non-hydrogen) atoms. The first-order valence-corrected chi connectivity index (χ1v) is 6.10. The van der Waals surface area contributed by atoms with Crippen LogP contribution in [0.3, 0.4) is 0 Å². The van der Waals surface area contributed by atoms with E-state index in [-0.39, 0.29) is 6.04 Å². The van der Waals surface area contributed by atoms with Crippen molar-refractivity contribution in [2.24, 2.45) is 11.1 Å². The molecular formula is C14H24N2. The Bertz CT molecular complexity index is 309. The molecule has 0 bridgehead atoms. The maximum Gasteiger partial charge on any atom is 0.0419 e. The summed E-state index contributed by atoms with van der Waals surface area (Å²) in [4.78, 5) is 4.44. The van der Waals surface area contributed by atoms with Gasteiger partial charge in [-0.15, -0.1) is 0 Å². The average molecular weight is 220 g/mol. The third-order valence-electron chi connectivity index (χ3n) is 2.64. The Morgan fingerprint density at radius 3 is 2.44 bits per heavy atom. The molecule has 1 rings (SSSR count). The zero-order chi connectivity index (χ0) is 12.2. The summed E-state index contributed by atoms with van der Waals surface area (Å²) in [5.74, 6) is 0. The van der Waals surface area contributed by atoms with E-state index in [2.05, 4.69) is 44.8 Å². The zero-order valence-electron chi connectivity index (χ0n) is 11.0. The molecular weight excluding hydrogens is 196 g/mol. The van der Waals surface area contributed by atoms with Gasteiger partial charge in [-0.25, -0.2) is 0 Å². The molecule has 1 atom stereocenters. The maximum absolute atomic E-state index is 6.12. The topological polar surface area (TPSA) is 38.9 Å². The second-order valence-electron chi connectivity index (χ2n) is 5.74. The second kappa shape index (κ2) is 5.44. The van der Waals surface area contributed by atoms with Crippen LogP contribution in [-0.2, 0) is 12.8 Å². The van der Waals surface area contributed by atoms with Gasteiger partial charge in [0.15, 0.2) is 0 Å². The van der Waals surface area contributed by atoms with E-state index in [0.29, 0.717) is 5.41 Å². The first kappa shape index (κ1) is 13.2. The normalized spacial score (nSPS) is 13.8. The molecule has 1 aromatic rings. The number of rotatable bonds is 4. The fraction of sp³-hybridized carbons (Fsp3) is 0.643. The van der Waals surface area contributed by atoms with Gasteiger partial charge < -0.3 is 5.73 Å². The monoisotopic (exact) mass is 220 g/mol. The number of nitrogens with two attached hydrogens (primary N) is 1. The van der Waals surface area contributed by atoms with Crippen LogP contribution in [0, 0.1) is 5.41 Å². The lowest BCUT2D eigenvalue weighted by molar-refractivity contribution is 0.337. The largest absolute Gasteiger partial charge is 0.327 e. The molecule has 1 heterocycles. The van der Waals surface area contributed by atoms with Gasteiger partial charge in [-0.05, 0) is 29.9 Å². The Balaban J connectivity index is 2.53. The highest BCUT2D eigenvalue weighted by molar-refractivity contribution is 5.14. The van der Waals surface area contributed by atoms with Crippen LogP contribution in [0.15, 0.2) is 18.3 Å². The third-order valence-corrected chi connectivity index (χ3v) is 2.64. The molecule has 1 unspecified atom stereocenters. The van der Waals surface area contributed by atoms with E-state index in [1.165, 1.54) is 5.56 Å². The molecule has 0 aliphatic rings. The SMILES string of the molecule is CCc1ccc(CC(N)CC(C)(C)C)nc1. The Kier molecular flexibility index (Phi) is 4.48. The lowest BCUT2D eigenvalue weighted by Gasteiger charge is -2.22. The molecule has 0 spiro atoms. The van der Waals surface area contributed by atoms with Crippen LogP contribution in [0.1, 0.15) is 45.4 Å². The smallest absolute Gasteiger partial charge is 0.0419 e. The highest BCUT2D eigenvalue weighted by atomic mass is 14.7. The van der Waals surface area contributed by atoms with Gasteiger partial charge in [0.05, 0.1) is 0 Å². The first-order valence-electron chi connectivity index (χ1n) is 6.10.